The van der Waals surface area contributed by atoms with Gasteiger partial charge in [-0.15, -0.1) is 11.3 Å². The van der Waals surface area contributed by atoms with E-state index in [0.29, 0.717) is 34.4 Å². The van der Waals surface area contributed by atoms with Gasteiger partial charge in [0.25, 0.3) is 5.91 Å². The molecule has 0 fully saturated rings. The van der Waals surface area contributed by atoms with Crippen LogP contribution in [0, 0.1) is 0 Å². The van der Waals surface area contributed by atoms with Crippen molar-refractivity contribution in [2.24, 2.45) is 5.16 Å². The number of carbonyl (C=O) groups excluding carboxylic acids is 1. The third-order valence-electron chi connectivity index (χ3n) is 4.67. The third-order valence-corrected chi connectivity index (χ3v) is 6.15. The summed E-state index contributed by atoms with van der Waals surface area (Å²) >= 11 is 13.7. The molecule has 1 aliphatic heterocycles. The molecule has 29 heavy (non-hydrogen) atoms. The number of amides is 1. The SMILES string of the molecule is O=C(c1cccs1)N(Cc1ccccc1Cl)C[C@@H]1CC(c2ccc(Cl)cc2)=NO1. The maximum atomic E-state index is 13.1. The quantitative estimate of drug-likeness (QED) is 0.475. The smallest absolute Gasteiger partial charge is 0.264 e. The van der Waals surface area contributed by atoms with E-state index < -0.39 is 0 Å². The van der Waals surface area contributed by atoms with Crippen LogP contribution < -0.4 is 0 Å². The second kappa shape index (κ2) is 8.99. The summed E-state index contributed by atoms with van der Waals surface area (Å²) in [7, 11) is 0. The summed E-state index contributed by atoms with van der Waals surface area (Å²) in [6.07, 6.45) is 0.408. The van der Waals surface area contributed by atoms with Crippen LogP contribution in [-0.2, 0) is 11.4 Å². The summed E-state index contributed by atoms with van der Waals surface area (Å²) < 4.78 is 0. The first kappa shape index (κ1) is 20.0. The predicted octanol–water partition coefficient (Wildman–Crippen LogP) is 5.89. The van der Waals surface area contributed by atoms with Crippen LogP contribution in [0.25, 0.3) is 0 Å². The Morgan fingerprint density at radius 1 is 1.10 bits per heavy atom. The molecule has 0 radical (unpaired) electrons. The van der Waals surface area contributed by atoms with Gasteiger partial charge in [-0.05, 0) is 40.8 Å². The lowest BCUT2D eigenvalue weighted by Crippen LogP contribution is -2.37. The largest absolute Gasteiger partial charge is 0.390 e. The van der Waals surface area contributed by atoms with E-state index in [1.807, 2.05) is 66.0 Å². The minimum atomic E-state index is -0.216. The highest BCUT2D eigenvalue weighted by molar-refractivity contribution is 7.12. The van der Waals surface area contributed by atoms with E-state index >= 15 is 0 Å². The van der Waals surface area contributed by atoms with Gasteiger partial charge in [-0.1, -0.05) is 64.8 Å². The Bertz CT molecular complexity index is 1020. The fraction of sp³-hybridized carbons (Fsp3) is 0.182. The molecule has 0 spiro atoms. The minimum absolute atomic E-state index is 0.0385. The Balaban J connectivity index is 1.49. The normalized spacial score (nSPS) is 15.7. The van der Waals surface area contributed by atoms with Crippen molar-refractivity contribution in [2.45, 2.75) is 19.1 Å². The van der Waals surface area contributed by atoms with Crippen LogP contribution in [0.15, 0.2) is 71.2 Å². The number of carbonyl (C=O) groups is 1. The molecule has 4 rings (SSSR count). The Morgan fingerprint density at radius 2 is 1.90 bits per heavy atom. The van der Waals surface area contributed by atoms with Gasteiger partial charge in [0, 0.05) is 23.0 Å². The van der Waals surface area contributed by atoms with Crippen LogP contribution >= 0.6 is 34.5 Å². The number of hydrogen-bond acceptors (Lipinski definition) is 4. The number of halogens is 2. The molecule has 0 bridgehead atoms. The molecule has 1 aromatic heterocycles. The highest BCUT2D eigenvalue weighted by atomic mass is 35.5. The number of hydrogen-bond donors (Lipinski definition) is 0. The van der Waals surface area contributed by atoms with Gasteiger partial charge in [-0.25, -0.2) is 0 Å². The zero-order valence-electron chi connectivity index (χ0n) is 15.4. The molecule has 2 aromatic carbocycles. The fourth-order valence-electron chi connectivity index (χ4n) is 3.19. The Morgan fingerprint density at radius 3 is 2.62 bits per heavy atom. The lowest BCUT2D eigenvalue weighted by atomic mass is 10.0. The van der Waals surface area contributed by atoms with E-state index in [1.54, 1.807) is 4.90 Å². The van der Waals surface area contributed by atoms with E-state index in [1.165, 1.54) is 11.3 Å². The van der Waals surface area contributed by atoms with Crippen molar-refractivity contribution < 1.29 is 9.63 Å². The Labute approximate surface area is 183 Å². The van der Waals surface area contributed by atoms with Crippen LogP contribution in [0.1, 0.15) is 27.2 Å². The van der Waals surface area contributed by atoms with Crippen LogP contribution in [0.5, 0.6) is 0 Å². The summed E-state index contributed by atoms with van der Waals surface area (Å²) in [5.74, 6) is -0.0385. The number of thiophene rings is 1. The summed E-state index contributed by atoms with van der Waals surface area (Å²) in [6.45, 7) is 0.828. The lowest BCUT2D eigenvalue weighted by Gasteiger charge is -2.25. The number of oxime groups is 1. The third kappa shape index (κ3) is 4.81. The molecule has 7 heteroatoms. The molecule has 1 amide bonds. The maximum absolute atomic E-state index is 13.1. The first-order chi connectivity index (χ1) is 14.1. The van der Waals surface area contributed by atoms with Crippen molar-refractivity contribution in [3.63, 3.8) is 0 Å². The zero-order valence-corrected chi connectivity index (χ0v) is 17.8. The van der Waals surface area contributed by atoms with Gasteiger partial charge in [-0.2, -0.15) is 0 Å². The van der Waals surface area contributed by atoms with Crippen LogP contribution in [0.2, 0.25) is 10.0 Å². The minimum Gasteiger partial charge on any atom is -0.390 e. The van der Waals surface area contributed by atoms with Gasteiger partial charge in [0.2, 0.25) is 0 Å². The van der Waals surface area contributed by atoms with Crippen molar-refractivity contribution in [1.29, 1.82) is 0 Å². The first-order valence-electron chi connectivity index (χ1n) is 9.15. The number of nitrogens with zero attached hydrogens (tertiary/aromatic N) is 2. The average Bonchev–Trinajstić information content (AvgIpc) is 3.41. The van der Waals surface area contributed by atoms with Gasteiger partial charge in [-0.3, -0.25) is 4.79 Å². The van der Waals surface area contributed by atoms with Crippen molar-refractivity contribution in [3.05, 3.63) is 92.1 Å². The van der Waals surface area contributed by atoms with Crippen LogP contribution in [0.4, 0.5) is 0 Å². The summed E-state index contributed by atoms with van der Waals surface area (Å²) in [4.78, 5) is 21.2. The molecule has 0 saturated heterocycles. The fourth-order valence-corrected chi connectivity index (χ4v) is 4.20. The zero-order chi connectivity index (χ0) is 20.2. The Hall–Kier alpha value is -2.34. The summed E-state index contributed by atoms with van der Waals surface area (Å²) in [5, 5.41) is 7.45. The molecule has 148 valence electrons. The second-order valence-corrected chi connectivity index (χ2v) is 8.52. The second-order valence-electron chi connectivity index (χ2n) is 6.73. The molecule has 0 N–H and O–H groups in total. The topological polar surface area (TPSA) is 41.9 Å². The molecular weight excluding hydrogens is 427 g/mol. The van der Waals surface area contributed by atoms with E-state index in [-0.39, 0.29) is 12.0 Å². The summed E-state index contributed by atoms with van der Waals surface area (Å²) in [5.41, 5.74) is 2.72. The molecule has 4 nitrogen and oxygen atoms in total. The molecule has 1 atom stereocenters. The molecular formula is C22H18Cl2N2O2S. The predicted molar refractivity (Wildman–Crippen MR) is 118 cm³/mol. The standard InChI is InChI=1S/C22H18Cl2N2O2S/c23-17-9-7-15(8-10-17)20-12-18(28-25-20)14-26(22(27)21-6-3-11-29-21)13-16-4-1-2-5-19(16)24/h1-11,18H,12-14H2/t18-/m0/s1. The van der Waals surface area contributed by atoms with E-state index in [2.05, 4.69) is 5.16 Å². The van der Waals surface area contributed by atoms with Crippen molar-refractivity contribution in [3.8, 4) is 0 Å². The molecule has 1 aliphatic rings. The van der Waals surface area contributed by atoms with Gasteiger partial charge in [0.1, 0.15) is 0 Å². The van der Waals surface area contributed by atoms with Crippen molar-refractivity contribution >= 4 is 46.2 Å². The first-order valence-corrected chi connectivity index (χ1v) is 10.8. The number of benzene rings is 2. The highest BCUT2D eigenvalue weighted by Crippen LogP contribution is 2.23. The molecule has 2 heterocycles. The van der Waals surface area contributed by atoms with E-state index in [9.17, 15) is 4.79 Å². The maximum Gasteiger partial charge on any atom is 0.264 e. The van der Waals surface area contributed by atoms with Gasteiger partial charge < -0.3 is 9.74 Å². The Kier molecular flexibility index (Phi) is 6.19. The molecule has 0 aliphatic carbocycles. The van der Waals surface area contributed by atoms with Crippen molar-refractivity contribution in [1.82, 2.24) is 4.90 Å². The van der Waals surface area contributed by atoms with Gasteiger partial charge >= 0.3 is 0 Å². The van der Waals surface area contributed by atoms with Gasteiger partial charge in [0.05, 0.1) is 17.1 Å². The molecule has 0 unspecified atom stereocenters. The monoisotopic (exact) mass is 444 g/mol. The van der Waals surface area contributed by atoms with Crippen molar-refractivity contribution in [2.75, 3.05) is 6.54 Å². The van der Waals surface area contributed by atoms with Crippen LogP contribution in [-0.4, -0.2) is 29.2 Å². The average molecular weight is 445 g/mol. The van der Waals surface area contributed by atoms with Crippen LogP contribution in [0.3, 0.4) is 0 Å². The lowest BCUT2D eigenvalue weighted by molar-refractivity contribution is 0.0408. The van der Waals surface area contributed by atoms with E-state index in [0.717, 1.165) is 16.8 Å². The molecule has 3 aromatic rings. The summed E-state index contributed by atoms with van der Waals surface area (Å²) in [6, 6.07) is 18.8. The molecule has 0 saturated carbocycles. The highest BCUT2D eigenvalue weighted by Gasteiger charge is 2.28. The number of rotatable bonds is 6. The van der Waals surface area contributed by atoms with Gasteiger partial charge in [0.15, 0.2) is 6.10 Å². The van der Waals surface area contributed by atoms with E-state index in [4.69, 9.17) is 28.0 Å².